The van der Waals surface area contributed by atoms with Crippen LogP contribution in [0.4, 0.5) is 4.79 Å². The molecule has 0 bridgehead atoms. The molecule has 0 saturated heterocycles. The van der Waals surface area contributed by atoms with Crippen molar-refractivity contribution in [3.8, 4) is 0 Å². The van der Waals surface area contributed by atoms with Gasteiger partial charge in [0.2, 0.25) is 0 Å². The molecule has 2 atom stereocenters. The molecule has 2 aliphatic carbocycles. The predicted octanol–water partition coefficient (Wildman–Crippen LogP) is 7.63. The number of hydrogen-bond donors (Lipinski definition) is 1. The largest absolute Gasteiger partial charge is 0.338 e. The molecule has 2 fully saturated rings. The molecular formula is C27H29Cl2N3O. The summed E-state index contributed by atoms with van der Waals surface area (Å²) in [6, 6.07) is 15.8. The molecule has 2 unspecified atom stereocenters. The molecule has 0 aromatic heterocycles. The van der Waals surface area contributed by atoms with E-state index in [0.717, 1.165) is 54.0 Å². The van der Waals surface area contributed by atoms with Gasteiger partial charge in [-0.05, 0) is 79.1 Å². The zero-order chi connectivity index (χ0) is 22.8. The zero-order valence-corrected chi connectivity index (χ0v) is 20.2. The number of hydrogen-bond acceptors (Lipinski definition) is 2. The van der Waals surface area contributed by atoms with Crippen LogP contribution in [0.1, 0.15) is 68.5 Å². The fourth-order valence-corrected chi connectivity index (χ4v) is 5.66. The second-order valence-electron chi connectivity index (χ2n) is 9.33. The van der Waals surface area contributed by atoms with Gasteiger partial charge in [-0.15, -0.1) is 0 Å². The van der Waals surface area contributed by atoms with Gasteiger partial charge in [0.1, 0.15) is 0 Å². The lowest BCUT2D eigenvalue weighted by molar-refractivity contribution is 0.167. The Morgan fingerprint density at radius 2 is 1.58 bits per heavy atom. The Kier molecular flexibility index (Phi) is 6.75. The number of amides is 2. The van der Waals surface area contributed by atoms with Crippen molar-refractivity contribution in [1.29, 1.82) is 0 Å². The van der Waals surface area contributed by atoms with E-state index >= 15 is 0 Å². The van der Waals surface area contributed by atoms with Gasteiger partial charge in [-0.25, -0.2) is 9.80 Å². The Labute approximate surface area is 205 Å². The minimum atomic E-state index is -0.116. The standard InChI is InChI=1S/C27H29Cl2N3O/c28-21-13-9-18(10-14-21)17-20-5-4-8-24-25(20)31-32(26(24)19-11-15-22(29)16-12-19)27(33)30-23-6-2-1-3-7-23/h9-17,23-24,26H,1-8H2,(H,30,33). The van der Waals surface area contributed by atoms with Crippen molar-refractivity contribution in [2.75, 3.05) is 0 Å². The van der Waals surface area contributed by atoms with E-state index in [1.54, 1.807) is 5.01 Å². The molecule has 2 aromatic carbocycles. The number of urea groups is 1. The summed E-state index contributed by atoms with van der Waals surface area (Å²) in [5, 5.41) is 11.4. The lowest BCUT2D eigenvalue weighted by atomic mass is 9.77. The van der Waals surface area contributed by atoms with E-state index in [0.29, 0.717) is 5.02 Å². The molecule has 4 nitrogen and oxygen atoms in total. The SMILES string of the molecule is O=C(NC1CCCCC1)N1N=C2C(=Cc3ccc(Cl)cc3)CCCC2C1c1ccc(Cl)cc1. The van der Waals surface area contributed by atoms with Crippen LogP contribution in [0, 0.1) is 5.92 Å². The third-order valence-electron chi connectivity index (χ3n) is 7.06. The van der Waals surface area contributed by atoms with Crippen LogP contribution >= 0.6 is 23.2 Å². The van der Waals surface area contributed by atoms with Gasteiger partial charge in [-0.2, -0.15) is 5.10 Å². The van der Waals surface area contributed by atoms with E-state index in [1.807, 2.05) is 48.5 Å². The molecule has 2 aromatic rings. The number of nitrogens with one attached hydrogen (secondary N) is 1. The van der Waals surface area contributed by atoms with E-state index in [4.69, 9.17) is 28.3 Å². The van der Waals surface area contributed by atoms with Crippen LogP contribution in [0.2, 0.25) is 10.0 Å². The molecule has 5 rings (SSSR count). The molecule has 172 valence electrons. The number of nitrogens with zero attached hydrogens (tertiary/aromatic N) is 2. The van der Waals surface area contributed by atoms with Crippen LogP contribution in [0.25, 0.3) is 6.08 Å². The van der Waals surface area contributed by atoms with Crippen molar-refractivity contribution in [2.24, 2.45) is 11.0 Å². The van der Waals surface area contributed by atoms with Crippen LogP contribution in [-0.2, 0) is 0 Å². The Balaban J connectivity index is 1.48. The minimum Gasteiger partial charge on any atom is -0.334 e. The Bertz CT molecular complexity index is 1060. The third kappa shape index (κ3) is 4.97. The van der Waals surface area contributed by atoms with E-state index in [2.05, 4.69) is 11.4 Å². The number of rotatable bonds is 3. The van der Waals surface area contributed by atoms with Crippen LogP contribution in [0.3, 0.4) is 0 Å². The van der Waals surface area contributed by atoms with Crippen LogP contribution in [0.15, 0.2) is 59.2 Å². The first-order chi connectivity index (χ1) is 16.1. The van der Waals surface area contributed by atoms with E-state index in [1.165, 1.54) is 24.8 Å². The molecule has 3 aliphatic rings. The Hall–Kier alpha value is -2.30. The number of halogens is 2. The number of carbonyl (C=O) groups is 1. The Morgan fingerprint density at radius 1 is 0.909 bits per heavy atom. The van der Waals surface area contributed by atoms with E-state index in [9.17, 15) is 4.79 Å². The highest BCUT2D eigenvalue weighted by Crippen LogP contribution is 2.44. The number of hydrazone groups is 1. The van der Waals surface area contributed by atoms with Crippen molar-refractivity contribution in [3.05, 3.63) is 75.3 Å². The van der Waals surface area contributed by atoms with E-state index in [-0.39, 0.29) is 24.0 Å². The molecule has 33 heavy (non-hydrogen) atoms. The van der Waals surface area contributed by atoms with Crippen molar-refractivity contribution in [2.45, 2.75) is 63.5 Å². The summed E-state index contributed by atoms with van der Waals surface area (Å²) >= 11 is 12.2. The summed E-state index contributed by atoms with van der Waals surface area (Å²) in [5.74, 6) is 0.176. The number of fused-ring (bicyclic) bond motifs is 1. The second kappa shape index (κ2) is 9.90. The molecule has 6 heteroatoms. The maximum Gasteiger partial charge on any atom is 0.338 e. The quantitative estimate of drug-likeness (QED) is 0.480. The fraction of sp³-hybridized carbons (Fsp3) is 0.407. The van der Waals surface area contributed by atoms with E-state index < -0.39 is 0 Å². The van der Waals surface area contributed by atoms with Gasteiger partial charge in [0.05, 0.1) is 11.8 Å². The van der Waals surface area contributed by atoms with Crippen molar-refractivity contribution < 1.29 is 4.79 Å². The monoisotopic (exact) mass is 481 g/mol. The average molecular weight is 482 g/mol. The highest BCUT2D eigenvalue weighted by atomic mass is 35.5. The highest BCUT2D eigenvalue weighted by Gasteiger charge is 2.44. The molecule has 0 radical (unpaired) electrons. The smallest absolute Gasteiger partial charge is 0.334 e. The molecule has 1 aliphatic heterocycles. The number of carbonyl (C=O) groups excluding carboxylic acids is 1. The highest BCUT2D eigenvalue weighted by molar-refractivity contribution is 6.30. The Morgan fingerprint density at radius 3 is 2.27 bits per heavy atom. The van der Waals surface area contributed by atoms with Crippen LogP contribution in [-0.4, -0.2) is 22.8 Å². The lowest BCUT2D eigenvalue weighted by Crippen LogP contribution is -2.44. The first-order valence-electron chi connectivity index (χ1n) is 12.0. The first kappa shape index (κ1) is 22.5. The maximum atomic E-state index is 13.5. The van der Waals surface area contributed by atoms with Gasteiger partial charge in [-0.1, -0.05) is 66.7 Å². The van der Waals surface area contributed by atoms with Gasteiger partial charge in [0, 0.05) is 22.0 Å². The van der Waals surface area contributed by atoms with Gasteiger partial charge in [0.25, 0.3) is 0 Å². The summed E-state index contributed by atoms with van der Waals surface area (Å²) < 4.78 is 0. The van der Waals surface area contributed by atoms with Gasteiger partial charge in [-0.3, -0.25) is 0 Å². The average Bonchev–Trinajstić information content (AvgIpc) is 3.23. The fourth-order valence-electron chi connectivity index (χ4n) is 5.41. The second-order valence-corrected chi connectivity index (χ2v) is 10.2. The molecule has 0 spiro atoms. The topological polar surface area (TPSA) is 44.7 Å². The maximum absolute atomic E-state index is 13.5. The van der Waals surface area contributed by atoms with Crippen LogP contribution in [0.5, 0.6) is 0 Å². The lowest BCUT2D eigenvalue weighted by Gasteiger charge is -2.31. The molecule has 1 heterocycles. The van der Waals surface area contributed by atoms with Gasteiger partial charge >= 0.3 is 6.03 Å². The number of allylic oxidation sites excluding steroid dienone is 1. The van der Waals surface area contributed by atoms with Gasteiger partial charge in [0.15, 0.2) is 0 Å². The summed E-state index contributed by atoms with van der Waals surface area (Å²) in [5.41, 5.74) is 4.43. The van der Waals surface area contributed by atoms with Crippen molar-refractivity contribution in [3.63, 3.8) is 0 Å². The molecular weight excluding hydrogens is 453 g/mol. The first-order valence-corrected chi connectivity index (χ1v) is 12.7. The van der Waals surface area contributed by atoms with Crippen molar-refractivity contribution >= 4 is 41.0 Å². The van der Waals surface area contributed by atoms with Crippen molar-refractivity contribution in [1.82, 2.24) is 10.3 Å². The third-order valence-corrected chi connectivity index (χ3v) is 7.57. The van der Waals surface area contributed by atoms with Gasteiger partial charge < -0.3 is 5.32 Å². The van der Waals surface area contributed by atoms with Crippen LogP contribution < -0.4 is 5.32 Å². The summed E-state index contributed by atoms with van der Waals surface area (Å²) in [7, 11) is 0. The number of benzene rings is 2. The molecule has 1 N–H and O–H groups in total. The normalized spacial score (nSPS) is 24.5. The summed E-state index contributed by atoms with van der Waals surface area (Å²) in [6.45, 7) is 0. The minimum absolute atomic E-state index is 0.0883. The zero-order valence-electron chi connectivity index (χ0n) is 18.6. The molecule has 2 saturated carbocycles. The predicted molar refractivity (Wildman–Crippen MR) is 136 cm³/mol. The molecule has 2 amide bonds. The summed E-state index contributed by atoms with van der Waals surface area (Å²) in [4.78, 5) is 13.5. The summed E-state index contributed by atoms with van der Waals surface area (Å²) in [6.07, 6.45) is 11.0.